The molecule has 0 spiro atoms. The predicted octanol–water partition coefficient (Wildman–Crippen LogP) is 5.38. The van der Waals surface area contributed by atoms with Crippen LogP contribution in [0.2, 0.25) is 5.02 Å². The standard InChI is InChI=1S/C20H22ClNO2S/c1-4-22(5-2)20(23)13-11-15-10-12-16(14-17(15)21)25-19-9-7-6-8-18(19)24-3/h6-14H,4-5H2,1-3H3/b13-11+. The third-order valence-corrected chi connectivity index (χ3v) is 5.12. The van der Waals surface area contributed by atoms with Crippen LogP contribution in [-0.4, -0.2) is 31.0 Å². The van der Waals surface area contributed by atoms with Crippen molar-refractivity contribution in [3.63, 3.8) is 0 Å². The Labute approximate surface area is 158 Å². The Hall–Kier alpha value is -1.91. The molecule has 0 bridgehead atoms. The van der Waals surface area contributed by atoms with Gasteiger partial charge in [0, 0.05) is 29.1 Å². The third kappa shape index (κ3) is 5.28. The van der Waals surface area contributed by atoms with Crippen LogP contribution >= 0.6 is 23.4 Å². The van der Waals surface area contributed by atoms with Gasteiger partial charge < -0.3 is 9.64 Å². The van der Waals surface area contributed by atoms with Gasteiger partial charge in [-0.3, -0.25) is 4.79 Å². The topological polar surface area (TPSA) is 29.5 Å². The molecule has 0 aliphatic heterocycles. The Bertz CT molecular complexity index is 757. The summed E-state index contributed by atoms with van der Waals surface area (Å²) in [6.45, 7) is 5.32. The molecule has 1 amide bonds. The minimum absolute atomic E-state index is 0.00598. The summed E-state index contributed by atoms with van der Waals surface area (Å²) in [5, 5.41) is 0.614. The number of ether oxygens (including phenoxy) is 1. The summed E-state index contributed by atoms with van der Waals surface area (Å²) in [5.41, 5.74) is 0.826. The number of nitrogens with zero attached hydrogens (tertiary/aromatic N) is 1. The van der Waals surface area contributed by atoms with Crippen molar-refractivity contribution < 1.29 is 9.53 Å². The summed E-state index contributed by atoms with van der Waals surface area (Å²) in [6.07, 6.45) is 3.34. The highest BCUT2D eigenvalue weighted by Crippen LogP contribution is 2.36. The van der Waals surface area contributed by atoms with Crippen LogP contribution in [0.3, 0.4) is 0 Å². The van der Waals surface area contributed by atoms with E-state index in [9.17, 15) is 4.79 Å². The Kier molecular flexibility index (Phi) is 7.41. The lowest BCUT2D eigenvalue weighted by molar-refractivity contribution is -0.125. The smallest absolute Gasteiger partial charge is 0.246 e. The van der Waals surface area contributed by atoms with Crippen molar-refractivity contribution in [2.75, 3.05) is 20.2 Å². The maximum absolute atomic E-state index is 12.0. The van der Waals surface area contributed by atoms with E-state index < -0.39 is 0 Å². The van der Waals surface area contributed by atoms with Crippen LogP contribution in [0.5, 0.6) is 5.75 Å². The monoisotopic (exact) mass is 375 g/mol. The number of carbonyl (C=O) groups is 1. The van der Waals surface area contributed by atoms with Gasteiger partial charge in [-0.05, 0) is 49.8 Å². The fraction of sp³-hybridized carbons (Fsp3) is 0.250. The zero-order valence-electron chi connectivity index (χ0n) is 14.7. The van der Waals surface area contributed by atoms with E-state index in [-0.39, 0.29) is 5.91 Å². The molecule has 0 saturated carbocycles. The van der Waals surface area contributed by atoms with E-state index >= 15 is 0 Å². The van der Waals surface area contributed by atoms with Gasteiger partial charge in [0.2, 0.25) is 5.91 Å². The molecule has 0 N–H and O–H groups in total. The molecule has 5 heteroatoms. The molecule has 2 aromatic carbocycles. The minimum Gasteiger partial charge on any atom is -0.496 e. The molecule has 2 rings (SSSR count). The average molecular weight is 376 g/mol. The molecule has 0 heterocycles. The molecule has 3 nitrogen and oxygen atoms in total. The molecule has 0 radical (unpaired) electrons. The van der Waals surface area contributed by atoms with Gasteiger partial charge in [-0.2, -0.15) is 0 Å². The number of benzene rings is 2. The highest BCUT2D eigenvalue weighted by Gasteiger charge is 2.08. The normalized spacial score (nSPS) is 10.9. The molecule has 0 aliphatic rings. The van der Waals surface area contributed by atoms with E-state index in [4.69, 9.17) is 16.3 Å². The van der Waals surface area contributed by atoms with Gasteiger partial charge in [0.05, 0.1) is 12.0 Å². The van der Waals surface area contributed by atoms with Crippen molar-refractivity contribution in [1.82, 2.24) is 4.90 Å². The number of hydrogen-bond acceptors (Lipinski definition) is 3. The maximum atomic E-state index is 12.0. The second kappa shape index (κ2) is 9.54. The van der Waals surface area contributed by atoms with E-state index in [2.05, 4.69) is 0 Å². The van der Waals surface area contributed by atoms with Crippen molar-refractivity contribution >= 4 is 35.3 Å². The number of rotatable bonds is 7. The van der Waals surface area contributed by atoms with Crippen molar-refractivity contribution in [1.29, 1.82) is 0 Å². The maximum Gasteiger partial charge on any atom is 0.246 e. The first-order chi connectivity index (χ1) is 12.1. The van der Waals surface area contributed by atoms with Crippen molar-refractivity contribution in [2.24, 2.45) is 0 Å². The van der Waals surface area contributed by atoms with Crippen LogP contribution in [0.1, 0.15) is 19.4 Å². The number of likely N-dealkylation sites (N-methyl/N-ethyl adjacent to an activating group) is 1. The first-order valence-corrected chi connectivity index (χ1v) is 9.35. The second-order valence-electron chi connectivity index (χ2n) is 5.28. The van der Waals surface area contributed by atoms with Gasteiger partial charge in [0.1, 0.15) is 5.75 Å². The second-order valence-corrected chi connectivity index (χ2v) is 6.80. The van der Waals surface area contributed by atoms with Crippen molar-refractivity contribution in [2.45, 2.75) is 23.6 Å². The molecule has 0 saturated heterocycles. The van der Waals surface area contributed by atoms with E-state index in [0.29, 0.717) is 18.1 Å². The Morgan fingerprint density at radius 1 is 1.20 bits per heavy atom. The fourth-order valence-corrected chi connectivity index (χ4v) is 3.61. The number of carbonyl (C=O) groups excluding carboxylic acids is 1. The SMILES string of the molecule is CCN(CC)C(=O)/C=C/c1ccc(Sc2ccccc2OC)cc1Cl. The van der Waals surface area contributed by atoms with Crippen LogP contribution in [0.4, 0.5) is 0 Å². The Morgan fingerprint density at radius 3 is 2.56 bits per heavy atom. The average Bonchev–Trinajstić information content (AvgIpc) is 2.62. The molecule has 0 fully saturated rings. The Morgan fingerprint density at radius 2 is 1.92 bits per heavy atom. The predicted molar refractivity (Wildman–Crippen MR) is 106 cm³/mol. The molecule has 0 aliphatic carbocycles. The van der Waals surface area contributed by atoms with Gasteiger partial charge in [-0.15, -0.1) is 0 Å². The quantitative estimate of drug-likeness (QED) is 0.608. The first kappa shape index (κ1) is 19.4. The lowest BCUT2D eigenvalue weighted by Gasteiger charge is -2.15. The number of methoxy groups -OCH3 is 1. The molecule has 2 aromatic rings. The zero-order chi connectivity index (χ0) is 18.2. The Balaban J connectivity index is 2.14. The van der Waals surface area contributed by atoms with Gasteiger partial charge in [0.15, 0.2) is 0 Å². The molecule has 0 aromatic heterocycles. The van der Waals surface area contributed by atoms with E-state index in [1.165, 1.54) is 0 Å². The molecular formula is C20H22ClNO2S. The number of halogens is 1. The molecule has 132 valence electrons. The number of amides is 1. The van der Waals surface area contributed by atoms with E-state index in [1.54, 1.807) is 35.9 Å². The van der Waals surface area contributed by atoms with Crippen LogP contribution in [0.25, 0.3) is 6.08 Å². The van der Waals surface area contributed by atoms with Crippen LogP contribution < -0.4 is 4.74 Å². The third-order valence-electron chi connectivity index (χ3n) is 3.75. The minimum atomic E-state index is -0.00598. The highest BCUT2D eigenvalue weighted by molar-refractivity contribution is 7.99. The zero-order valence-corrected chi connectivity index (χ0v) is 16.2. The van der Waals surface area contributed by atoms with Crippen LogP contribution in [-0.2, 0) is 4.79 Å². The highest BCUT2D eigenvalue weighted by atomic mass is 35.5. The lowest BCUT2D eigenvalue weighted by atomic mass is 10.2. The summed E-state index contributed by atoms with van der Waals surface area (Å²) in [6, 6.07) is 13.7. The summed E-state index contributed by atoms with van der Waals surface area (Å²) in [7, 11) is 1.66. The summed E-state index contributed by atoms with van der Waals surface area (Å²) in [5.74, 6) is 0.825. The van der Waals surface area contributed by atoms with Crippen LogP contribution in [0, 0.1) is 0 Å². The molecule has 0 atom stereocenters. The summed E-state index contributed by atoms with van der Waals surface area (Å²) >= 11 is 7.97. The number of hydrogen-bond donors (Lipinski definition) is 0. The first-order valence-electron chi connectivity index (χ1n) is 8.16. The van der Waals surface area contributed by atoms with Crippen LogP contribution in [0.15, 0.2) is 58.3 Å². The fourth-order valence-electron chi connectivity index (χ4n) is 2.34. The van der Waals surface area contributed by atoms with Crippen molar-refractivity contribution in [3.05, 3.63) is 59.1 Å². The van der Waals surface area contributed by atoms with Gasteiger partial charge in [0.25, 0.3) is 0 Å². The lowest BCUT2D eigenvalue weighted by Crippen LogP contribution is -2.28. The summed E-state index contributed by atoms with van der Waals surface area (Å²) in [4.78, 5) is 15.9. The van der Waals surface area contributed by atoms with E-state index in [0.717, 1.165) is 21.1 Å². The van der Waals surface area contributed by atoms with Crippen molar-refractivity contribution in [3.8, 4) is 5.75 Å². The summed E-state index contributed by atoms with van der Waals surface area (Å²) < 4.78 is 5.37. The largest absolute Gasteiger partial charge is 0.496 e. The number of para-hydroxylation sites is 1. The molecule has 25 heavy (non-hydrogen) atoms. The van der Waals surface area contributed by atoms with Gasteiger partial charge in [-0.25, -0.2) is 0 Å². The van der Waals surface area contributed by atoms with E-state index in [1.807, 2.05) is 56.3 Å². The van der Waals surface area contributed by atoms with Gasteiger partial charge in [-0.1, -0.05) is 41.6 Å². The molecule has 0 unspecified atom stereocenters. The van der Waals surface area contributed by atoms with Gasteiger partial charge >= 0.3 is 0 Å². The molecular weight excluding hydrogens is 354 g/mol.